The minimum atomic E-state index is -1.06. The third-order valence-corrected chi connectivity index (χ3v) is 3.43. The first-order valence-corrected chi connectivity index (χ1v) is 6.64. The monoisotopic (exact) mass is 295 g/mol. The number of fused-ring (bicyclic) bond motifs is 1. The zero-order valence-electron chi connectivity index (χ0n) is 11.6. The zero-order valence-corrected chi connectivity index (χ0v) is 11.6. The van der Waals surface area contributed by atoms with Crippen molar-refractivity contribution in [2.24, 2.45) is 5.73 Å². The molecule has 0 aliphatic carbocycles. The molecule has 0 aliphatic rings. The SMILES string of the molecule is NC(=O)c1ccc(Cn2nc(C(=O)O)c3ccccc32)cc1. The molecule has 110 valence electrons. The van der Waals surface area contributed by atoms with E-state index < -0.39 is 11.9 Å². The minimum absolute atomic E-state index is 0.0318. The van der Waals surface area contributed by atoms with Gasteiger partial charge in [-0.2, -0.15) is 5.10 Å². The summed E-state index contributed by atoms with van der Waals surface area (Å²) in [6.07, 6.45) is 0. The van der Waals surface area contributed by atoms with Crippen LogP contribution in [0.2, 0.25) is 0 Å². The lowest BCUT2D eigenvalue weighted by atomic mass is 10.1. The van der Waals surface area contributed by atoms with Crippen LogP contribution in [0, 0.1) is 0 Å². The van der Waals surface area contributed by atoms with E-state index in [0.717, 1.165) is 11.1 Å². The van der Waals surface area contributed by atoms with Crippen LogP contribution in [-0.4, -0.2) is 26.8 Å². The number of carbonyl (C=O) groups excluding carboxylic acids is 1. The Hall–Kier alpha value is -3.15. The standard InChI is InChI=1S/C16H13N3O3/c17-15(20)11-7-5-10(6-8-11)9-19-13-4-2-1-3-12(13)14(18-19)16(21)22/h1-8H,9H2,(H2,17,20)(H,21,22). The molecule has 0 aliphatic heterocycles. The largest absolute Gasteiger partial charge is 0.476 e. The maximum atomic E-state index is 11.3. The van der Waals surface area contributed by atoms with Crippen LogP contribution in [0.25, 0.3) is 10.9 Å². The summed E-state index contributed by atoms with van der Waals surface area (Å²) in [4.78, 5) is 22.3. The maximum absolute atomic E-state index is 11.3. The molecule has 6 nitrogen and oxygen atoms in total. The number of carbonyl (C=O) groups is 2. The first kappa shape index (κ1) is 13.8. The molecule has 0 unspecified atom stereocenters. The number of para-hydroxylation sites is 1. The van der Waals surface area contributed by atoms with E-state index in [0.29, 0.717) is 17.5 Å². The van der Waals surface area contributed by atoms with Gasteiger partial charge in [0.2, 0.25) is 5.91 Å². The van der Waals surface area contributed by atoms with Crippen LogP contribution in [0.5, 0.6) is 0 Å². The third kappa shape index (κ3) is 2.42. The summed E-state index contributed by atoms with van der Waals surface area (Å²) in [7, 11) is 0. The number of carboxylic acids is 1. The van der Waals surface area contributed by atoms with Crippen LogP contribution in [0.3, 0.4) is 0 Å². The third-order valence-electron chi connectivity index (χ3n) is 3.43. The van der Waals surface area contributed by atoms with Crippen molar-refractivity contribution in [1.82, 2.24) is 9.78 Å². The zero-order chi connectivity index (χ0) is 15.7. The molecule has 1 amide bonds. The van der Waals surface area contributed by atoms with Gasteiger partial charge in [0.15, 0.2) is 5.69 Å². The van der Waals surface area contributed by atoms with Crippen molar-refractivity contribution in [1.29, 1.82) is 0 Å². The van der Waals surface area contributed by atoms with Crippen LogP contribution in [0.15, 0.2) is 48.5 Å². The number of rotatable bonds is 4. The predicted octanol–water partition coefficient (Wildman–Crippen LogP) is 1.88. The Bertz CT molecular complexity index is 866. The smallest absolute Gasteiger partial charge is 0.357 e. The second kappa shape index (κ2) is 5.33. The highest BCUT2D eigenvalue weighted by Crippen LogP contribution is 2.19. The number of nitrogens with zero attached hydrogens (tertiary/aromatic N) is 2. The summed E-state index contributed by atoms with van der Waals surface area (Å²) in [5.74, 6) is -1.54. The number of carboxylic acid groups (broad SMARTS) is 1. The summed E-state index contributed by atoms with van der Waals surface area (Å²) in [6.45, 7) is 0.410. The lowest BCUT2D eigenvalue weighted by molar-refractivity contribution is 0.0691. The van der Waals surface area contributed by atoms with E-state index >= 15 is 0 Å². The van der Waals surface area contributed by atoms with Gasteiger partial charge in [0.05, 0.1) is 12.1 Å². The second-order valence-corrected chi connectivity index (χ2v) is 4.89. The minimum Gasteiger partial charge on any atom is -0.476 e. The van der Waals surface area contributed by atoms with Crippen LogP contribution in [-0.2, 0) is 6.54 Å². The van der Waals surface area contributed by atoms with Crippen LogP contribution in [0.4, 0.5) is 0 Å². The molecular weight excluding hydrogens is 282 g/mol. The molecule has 6 heteroatoms. The molecule has 3 N–H and O–H groups in total. The molecular formula is C16H13N3O3. The second-order valence-electron chi connectivity index (χ2n) is 4.89. The number of hydrogen-bond acceptors (Lipinski definition) is 3. The van der Waals surface area contributed by atoms with Crippen molar-refractivity contribution in [2.45, 2.75) is 6.54 Å². The van der Waals surface area contributed by atoms with Gasteiger partial charge in [0.1, 0.15) is 0 Å². The van der Waals surface area contributed by atoms with Gasteiger partial charge < -0.3 is 10.8 Å². The highest BCUT2D eigenvalue weighted by molar-refractivity contribution is 6.01. The predicted molar refractivity (Wildman–Crippen MR) is 80.8 cm³/mol. The number of aromatic carboxylic acids is 1. The lowest BCUT2D eigenvalue weighted by Crippen LogP contribution is -2.11. The Morgan fingerprint density at radius 1 is 1.09 bits per heavy atom. The Morgan fingerprint density at radius 3 is 2.41 bits per heavy atom. The molecule has 2 aromatic carbocycles. The molecule has 0 bridgehead atoms. The van der Waals surface area contributed by atoms with E-state index in [9.17, 15) is 14.7 Å². The van der Waals surface area contributed by atoms with Gasteiger partial charge in [-0.3, -0.25) is 9.48 Å². The van der Waals surface area contributed by atoms with Crippen molar-refractivity contribution in [3.8, 4) is 0 Å². The summed E-state index contributed by atoms with van der Waals surface area (Å²) in [5, 5.41) is 14.0. The van der Waals surface area contributed by atoms with Gasteiger partial charge >= 0.3 is 5.97 Å². The number of nitrogens with two attached hydrogens (primary N) is 1. The number of benzene rings is 2. The van der Waals surface area contributed by atoms with Crippen molar-refractivity contribution in [3.05, 3.63) is 65.4 Å². The number of aromatic nitrogens is 2. The molecule has 0 radical (unpaired) electrons. The molecule has 1 aromatic heterocycles. The first-order valence-electron chi connectivity index (χ1n) is 6.64. The van der Waals surface area contributed by atoms with Crippen molar-refractivity contribution >= 4 is 22.8 Å². The number of hydrogen-bond donors (Lipinski definition) is 2. The molecule has 22 heavy (non-hydrogen) atoms. The number of amides is 1. The fourth-order valence-corrected chi connectivity index (χ4v) is 2.35. The summed E-state index contributed by atoms with van der Waals surface area (Å²) < 4.78 is 1.64. The molecule has 0 saturated carbocycles. The van der Waals surface area contributed by atoms with E-state index in [2.05, 4.69) is 5.10 Å². The molecule has 0 spiro atoms. The maximum Gasteiger partial charge on any atom is 0.357 e. The van der Waals surface area contributed by atoms with Crippen LogP contribution >= 0.6 is 0 Å². The van der Waals surface area contributed by atoms with Crippen LogP contribution in [0.1, 0.15) is 26.4 Å². The van der Waals surface area contributed by atoms with E-state index in [-0.39, 0.29) is 5.69 Å². The van der Waals surface area contributed by atoms with E-state index in [1.165, 1.54) is 0 Å². The first-order chi connectivity index (χ1) is 10.6. The molecule has 0 saturated heterocycles. The quantitative estimate of drug-likeness (QED) is 0.767. The topological polar surface area (TPSA) is 98.2 Å². The fourth-order valence-electron chi connectivity index (χ4n) is 2.35. The molecule has 3 rings (SSSR count). The highest BCUT2D eigenvalue weighted by Gasteiger charge is 2.15. The van der Waals surface area contributed by atoms with Crippen molar-refractivity contribution in [2.75, 3.05) is 0 Å². The lowest BCUT2D eigenvalue weighted by Gasteiger charge is -2.04. The Balaban J connectivity index is 2.00. The van der Waals surface area contributed by atoms with Gasteiger partial charge in [-0.25, -0.2) is 4.79 Å². The fraction of sp³-hybridized carbons (Fsp3) is 0.0625. The average Bonchev–Trinajstić information content (AvgIpc) is 2.87. The summed E-state index contributed by atoms with van der Waals surface area (Å²) >= 11 is 0. The molecule has 1 heterocycles. The van der Waals surface area contributed by atoms with Crippen LogP contribution < -0.4 is 5.73 Å². The van der Waals surface area contributed by atoms with Gasteiger partial charge in [-0.05, 0) is 23.8 Å². The average molecular weight is 295 g/mol. The van der Waals surface area contributed by atoms with Gasteiger partial charge in [0.25, 0.3) is 0 Å². The van der Waals surface area contributed by atoms with E-state index in [1.54, 1.807) is 41.1 Å². The van der Waals surface area contributed by atoms with Gasteiger partial charge in [0, 0.05) is 10.9 Å². The molecule has 0 atom stereocenters. The van der Waals surface area contributed by atoms with E-state index in [4.69, 9.17) is 5.73 Å². The Morgan fingerprint density at radius 2 is 1.77 bits per heavy atom. The normalized spacial score (nSPS) is 10.7. The Labute approximate surface area is 125 Å². The number of primary amides is 1. The summed E-state index contributed by atoms with van der Waals surface area (Å²) in [6, 6.07) is 14.0. The van der Waals surface area contributed by atoms with E-state index in [1.807, 2.05) is 12.1 Å². The van der Waals surface area contributed by atoms with Gasteiger partial charge in [-0.1, -0.05) is 30.3 Å². The van der Waals surface area contributed by atoms with Gasteiger partial charge in [-0.15, -0.1) is 0 Å². The molecule has 3 aromatic rings. The summed E-state index contributed by atoms with van der Waals surface area (Å²) in [5.41, 5.74) is 7.32. The highest BCUT2D eigenvalue weighted by atomic mass is 16.4. The van der Waals surface area contributed by atoms with Crippen molar-refractivity contribution < 1.29 is 14.7 Å². The Kier molecular flexibility index (Phi) is 3.34. The molecule has 0 fully saturated rings. The van der Waals surface area contributed by atoms with Crippen molar-refractivity contribution in [3.63, 3.8) is 0 Å².